The quantitative estimate of drug-likeness (QED) is 0.730. The van der Waals surface area contributed by atoms with E-state index in [1.54, 1.807) is 0 Å². The van der Waals surface area contributed by atoms with E-state index in [1.807, 2.05) is 0 Å². The molecule has 5 nitrogen and oxygen atoms in total. The highest BCUT2D eigenvalue weighted by atomic mass is 32.2. The minimum Gasteiger partial charge on any atom is -0.481 e. The number of carboxylic acid groups (broad SMARTS) is 1. The molecule has 0 saturated carbocycles. The van der Waals surface area contributed by atoms with E-state index in [0.29, 0.717) is 18.6 Å². The lowest BCUT2D eigenvalue weighted by molar-refractivity contribution is -0.142. The van der Waals surface area contributed by atoms with Gasteiger partial charge in [0.2, 0.25) is 0 Å². The number of carbonyl (C=O) groups excluding carboxylic acids is 1. The Labute approximate surface area is 118 Å². The minimum atomic E-state index is -0.744. The van der Waals surface area contributed by atoms with Crippen molar-refractivity contribution in [2.45, 2.75) is 26.2 Å². The fourth-order valence-corrected chi connectivity index (χ4v) is 2.81. The summed E-state index contributed by atoms with van der Waals surface area (Å²) in [4.78, 5) is 24.3. The Bertz CT molecular complexity index is 292. The summed E-state index contributed by atoms with van der Waals surface area (Å²) < 4.78 is 5.27. The van der Waals surface area contributed by atoms with Gasteiger partial charge >= 0.3 is 5.97 Å². The van der Waals surface area contributed by atoms with Gasteiger partial charge in [0, 0.05) is 25.8 Å². The van der Waals surface area contributed by atoms with Crippen molar-refractivity contribution in [1.29, 1.82) is 0 Å². The number of nitrogens with zero attached hydrogens (tertiary/aromatic N) is 1. The van der Waals surface area contributed by atoms with Crippen molar-refractivity contribution in [2.24, 2.45) is 5.92 Å². The van der Waals surface area contributed by atoms with E-state index < -0.39 is 5.97 Å². The van der Waals surface area contributed by atoms with Crippen LogP contribution in [0.2, 0.25) is 0 Å². The third-order valence-corrected chi connectivity index (χ3v) is 4.10. The molecule has 0 aromatic carbocycles. The van der Waals surface area contributed by atoms with Gasteiger partial charge in [-0.15, -0.1) is 0 Å². The number of morpholine rings is 1. The van der Waals surface area contributed by atoms with E-state index in [0.717, 1.165) is 39.3 Å². The lowest BCUT2D eigenvalue weighted by Crippen LogP contribution is -2.37. The topological polar surface area (TPSA) is 66.8 Å². The first kappa shape index (κ1) is 16.5. The Morgan fingerprint density at radius 2 is 2.00 bits per heavy atom. The summed E-state index contributed by atoms with van der Waals surface area (Å²) in [6.45, 7) is 5.89. The summed E-state index contributed by atoms with van der Waals surface area (Å²) >= 11 is 1.21. The molecule has 1 rings (SSSR count). The zero-order valence-electron chi connectivity index (χ0n) is 11.5. The summed E-state index contributed by atoms with van der Waals surface area (Å²) in [6, 6.07) is 0. The Hall–Kier alpha value is -0.590. The molecule has 1 saturated heterocycles. The zero-order chi connectivity index (χ0) is 14.1. The molecule has 0 aromatic rings. The van der Waals surface area contributed by atoms with Gasteiger partial charge in [0.15, 0.2) is 5.12 Å². The Kier molecular flexibility index (Phi) is 8.09. The van der Waals surface area contributed by atoms with Crippen molar-refractivity contribution in [1.82, 2.24) is 4.90 Å². The van der Waals surface area contributed by atoms with Crippen molar-refractivity contribution in [3.05, 3.63) is 0 Å². The molecule has 19 heavy (non-hydrogen) atoms. The first-order valence-electron chi connectivity index (χ1n) is 6.76. The SMILES string of the molecule is CC(=O)SCCC(CCCN1CCOCC1)C(=O)O. The van der Waals surface area contributed by atoms with Gasteiger partial charge in [0.1, 0.15) is 0 Å². The van der Waals surface area contributed by atoms with Crippen LogP contribution in [0.4, 0.5) is 0 Å². The van der Waals surface area contributed by atoms with Gasteiger partial charge in [0.05, 0.1) is 19.1 Å². The van der Waals surface area contributed by atoms with Crippen LogP contribution in [0.3, 0.4) is 0 Å². The molecule has 1 aliphatic rings. The average Bonchev–Trinajstić information content (AvgIpc) is 2.37. The van der Waals surface area contributed by atoms with Gasteiger partial charge in [-0.3, -0.25) is 14.5 Å². The van der Waals surface area contributed by atoms with E-state index in [1.165, 1.54) is 18.7 Å². The molecule has 1 unspecified atom stereocenters. The molecule has 1 N–H and O–H groups in total. The highest BCUT2D eigenvalue weighted by molar-refractivity contribution is 8.13. The maximum absolute atomic E-state index is 11.1. The highest BCUT2D eigenvalue weighted by Crippen LogP contribution is 2.16. The summed E-state index contributed by atoms with van der Waals surface area (Å²) in [5.41, 5.74) is 0. The third-order valence-electron chi connectivity index (χ3n) is 3.25. The van der Waals surface area contributed by atoms with Crippen LogP contribution in [0.1, 0.15) is 26.2 Å². The zero-order valence-corrected chi connectivity index (χ0v) is 12.3. The monoisotopic (exact) mass is 289 g/mol. The first-order valence-corrected chi connectivity index (χ1v) is 7.74. The minimum absolute atomic E-state index is 0.0532. The molecule has 0 spiro atoms. The van der Waals surface area contributed by atoms with Crippen molar-refractivity contribution < 1.29 is 19.4 Å². The number of carbonyl (C=O) groups is 2. The summed E-state index contributed by atoms with van der Waals surface area (Å²) in [5, 5.41) is 9.20. The summed E-state index contributed by atoms with van der Waals surface area (Å²) in [6.07, 6.45) is 2.15. The van der Waals surface area contributed by atoms with Crippen LogP contribution in [0.25, 0.3) is 0 Å². The van der Waals surface area contributed by atoms with Crippen molar-refractivity contribution in [3.63, 3.8) is 0 Å². The number of hydrogen-bond acceptors (Lipinski definition) is 5. The highest BCUT2D eigenvalue weighted by Gasteiger charge is 2.18. The number of carboxylic acids is 1. The number of rotatable bonds is 8. The predicted molar refractivity (Wildman–Crippen MR) is 75.4 cm³/mol. The van der Waals surface area contributed by atoms with Crippen LogP contribution >= 0.6 is 11.8 Å². The molecular weight excluding hydrogens is 266 g/mol. The van der Waals surface area contributed by atoms with E-state index in [4.69, 9.17) is 9.84 Å². The standard InChI is InChI=1S/C13H23NO4S/c1-11(15)19-10-4-12(13(16)17)3-2-5-14-6-8-18-9-7-14/h12H,2-10H2,1H3,(H,16,17). The number of hydrogen-bond donors (Lipinski definition) is 1. The number of aliphatic carboxylic acids is 1. The smallest absolute Gasteiger partial charge is 0.306 e. The molecule has 1 heterocycles. The second-order valence-corrected chi connectivity index (χ2v) is 6.03. The molecule has 0 aromatic heterocycles. The van der Waals surface area contributed by atoms with Crippen LogP contribution in [0, 0.1) is 5.92 Å². The average molecular weight is 289 g/mol. The molecule has 1 aliphatic heterocycles. The second-order valence-electron chi connectivity index (χ2n) is 4.76. The number of ether oxygens (including phenoxy) is 1. The second kappa shape index (κ2) is 9.34. The van der Waals surface area contributed by atoms with Crippen LogP contribution in [0.5, 0.6) is 0 Å². The summed E-state index contributed by atoms with van der Waals surface area (Å²) in [7, 11) is 0. The molecule has 0 aliphatic carbocycles. The van der Waals surface area contributed by atoms with Gasteiger partial charge in [-0.25, -0.2) is 0 Å². The van der Waals surface area contributed by atoms with E-state index in [2.05, 4.69) is 4.90 Å². The molecule has 1 atom stereocenters. The van der Waals surface area contributed by atoms with Crippen LogP contribution in [0.15, 0.2) is 0 Å². The fourth-order valence-electron chi connectivity index (χ4n) is 2.12. The van der Waals surface area contributed by atoms with E-state index in [-0.39, 0.29) is 11.0 Å². The van der Waals surface area contributed by atoms with Crippen LogP contribution in [-0.2, 0) is 14.3 Å². The predicted octanol–water partition coefficient (Wildman–Crippen LogP) is 1.47. The van der Waals surface area contributed by atoms with Gasteiger partial charge in [-0.2, -0.15) is 0 Å². The van der Waals surface area contributed by atoms with Gasteiger partial charge in [-0.05, 0) is 25.8 Å². The van der Waals surface area contributed by atoms with Crippen LogP contribution in [-0.4, -0.2) is 59.7 Å². The lowest BCUT2D eigenvalue weighted by atomic mass is 10.0. The van der Waals surface area contributed by atoms with Crippen molar-refractivity contribution in [3.8, 4) is 0 Å². The lowest BCUT2D eigenvalue weighted by Gasteiger charge is -2.26. The van der Waals surface area contributed by atoms with Crippen molar-refractivity contribution in [2.75, 3.05) is 38.6 Å². The van der Waals surface area contributed by atoms with E-state index in [9.17, 15) is 9.59 Å². The van der Waals surface area contributed by atoms with Gasteiger partial charge in [0.25, 0.3) is 0 Å². The van der Waals surface area contributed by atoms with Crippen molar-refractivity contribution >= 4 is 22.8 Å². The maximum atomic E-state index is 11.1. The molecule has 0 bridgehead atoms. The third kappa shape index (κ3) is 7.54. The molecule has 6 heteroatoms. The Morgan fingerprint density at radius 3 is 2.58 bits per heavy atom. The molecule has 0 amide bonds. The first-order chi connectivity index (χ1) is 9.09. The molecule has 0 radical (unpaired) electrons. The Balaban J connectivity index is 2.17. The van der Waals surface area contributed by atoms with Gasteiger partial charge < -0.3 is 9.84 Å². The summed E-state index contributed by atoms with van der Waals surface area (Å²) in [5.74, 6) is -0.469. The van der Waals surface area contributed by atoms with Crippen LogP contribution < -0.4 is 0 Å². The molecular formula is C13H23NO4S. The van der Waals surface area contributed by atoms with E-state index >= 15 is 0 Å². The largest absolute Gasteiger partial charge is 0.481 e. The Morgan fingerprint density at radius 1 is 1.32 bits per heavy atom. The normalized spacial score (nSPS) is 18.2. The fraction of sp³-hybridized carbons (Fsp3) is 0.846. The number of thioether (sulfide) groups is 1. The molecule has 1 fully saturated rings. The van der Waals surface area contributed by atoms with Gasteiger partial charge in [-0.1, -0.05) is 11.8 Å². The maximum Gasteiger partial charge on any atom is 0.306 e. The molecule has 110 valence electrons.